The summed E-state index contributed by atoms with van der Waals surface area (Å²) in [5, 5.41) is 6.58. The van der Waals surface area contributed by atoms with Gasteiger partial charge in [-0.05, 0) is 51.8 Å². The molecule has 0 radical (unpaired) electrons. The Morgan fingerprint density at radius 1 is 1.07 bits per heavy atom. The Kier molecular flexibility index (Phi) is 12.2. The minimum Gasteiger partial charge on any atom is -0.356 e. The van der Waals surface area contributed by atoms with Gasteiger partial charge in [0.1, 0.15) is 0 Å². The molecular formula is C19H35IN4O2S. The molecule has 0 aliphatic heterocycles. The summed E-state index contributed by atoms with van der Waals surface area (Å²) >= 11 is 0. The van der Waals surface area contributed by atoms with E-state index in [1.165, 1.54) is 6.26 Å². The fraction of sp³-hybridized carbons (Fsp3) is 0.632. The van der Waals surface area contributed by atoms with Crippen LogP contribution in [0.1, 0.15) is 39.7 Å². The number of halogens is 1. The lowest BCUT2D eigenvalue weighted by molar-refractivity contribution is 0.173. The molecular weight excluding hydrogens is 475 g/mol. The number of nitrogens with one attached hydrogen (secondary N) is 2. The summed E-state index contributed by atoms with van der Waals surface area (Å²) < 4.78 is 23.0. The molecule has 0 aromatic heterocycles. The molecule has 0 aliphatic carbocycles. The monoisotopic (exact) mass is 510 g/mol. The van der Waals surface area contributed by atoms with E-state index in [9.17, 15) is 8.42 Å². The summed E-state index contributed by atoms with van der Waals surface area (Å²) in [6, 6.07) is 7.99. The van der Waals surface area contributed by atoms with Gasteiger partial charge >= 0.3 is 0 Å². The maximum atomic E-state index is 11.5. The Bertz CT molecular complexity index is 665. The summed E-state index contributed by atoms with van der Waals surface area (Å²) in [6.45, 7) is 11.4. The van der Waals surface area contributed by atoms with Gasteiger partial charge in [-0.3, -0.25) is 9.89 Å². The summed E-state index contributed by atoms with van der Waals surface area (Å²) in [6.07, 6.45) is 2.26. The van der Waals surface area contributed by atoms with Crippen LogP contribution in [0, 0.1) is 0 Å². The Morgan fingerprint density at radius 2 is 1.63 bits per heavy atom. The molecule has 1 rings (SSSR count). The highest BCUT2D eigenvalue weighted by atomic mass is 127. The van der Waals surface area contributed by atoms with Gasteiger partial charge in [0.25, 0.3) is 0 Å². The van der Waals surface area contributed by atoms with Gasteiger partial charge in [-0.1, -0.05) is 12.1 Å². The Labute approximate surface area is 182 Å². The van der Waals surface area contributed by atoms with Crippen molar-refractivity contribution in [2.75, 3.05) is 26.4 Å². The zero-order valence-electron chi connectivity index (χ0n) is 17.3. The fourth-order valence-electron chi connectivity index (χ4n) is 2.84. The van der Waals surface area contributed by atoms with Crippen molar-refractivity contribution in [1.29, 1.82) is 0 Å². The summed E-state index contributed by atoms with van der Waals surface area (Å²) in [5.41, 5.74) is 1.01. The topological polar surface area (TPSA) is 73.8 Å². The molecule has 1 aromatic carbocycles. The van der Waals surface area contributed by atoms with Crippen molar-refractivity contribution in [3.05, 3.63) is 29.8 Å². The largest absolute Gasteiger partial charge is 0.356 e. The highest BCUT2D eigenvalue weighted by Gasteiger charge is 2.12. The Morgan fingerprint density at radius 3 is 2.07 bits per heavy atom. The molecule has 0 aliphatic rings. The normalized spacial score (nSPS) is 12.4. The number of benzene rings is 1. The molecule has 0 bridgehead atoms. The lowest BCUT2D eigenvalue weighted by atomic mass is 10.2. The second-order valence-electron chi connectivity index (χ2n) is 7.05. The number of nitrogens with zero attached hydrogens (tertiary/aromatic N) is 2. The van der Waals surface area contributed by atoms with Gasteiger partial charge in [0.05, 0.1) is 4.90 Å². The van der Waals surface area contributed by atoms with Crippen LogP contribution in [-0.4, -0.2) is 57.8 Å². The number of hydrogen-bond donors (Lipinski definition) is 2. The van der Waals surface area contributed by atoms with Crippen LogP contribution in [-0.2, 0) is 16.4 Å². The first-order valence-corrected chi connectivity index (χ1v) is 11.0. The SMILES string of the molecule is CN=C(NCCCN(C(C)C)C(C)C)NCc1ccc(S(C)(=O)=O)cc1.I. The van der Waals surface area contributed by atoms with Gasteiger partial charge in [-0.25, -0.2) is 8.42 Å². The van der Waals surface area contributed by atoms with Crippen molar-refractivity contribution in [2.45, 2.75) is 57.6 Å². The van der Waals surface area contributed by atoms with Gasteiger partial charge < -0.3 is 10.6 Å². The van der Waals surface area contributed by atoms with E-state index in [-0.39, 0.29) is 24.0 Å². The van der Waals surface area contributed by atoms with Crippen LogP contribution in [0.5, 0.6) is 0 Å². The van der Waals surface area contributed by atoms with E-state index in [1.54, 1.807) is 19.2 Å². The minimum atomic E-state index is -3.15. The molecule has 8 heteroatoms. The van der Waals surface area contributed by atoms with E-state index in [0.717, 1.165) is 31.0 Å². The highest BCUT2D eigenvalue weighted by molar-refractivity contribution is 14.0. The van der Waals surface area contributed by atoms with E-state index in [0.29, 0.717) is 23.5 Å². The molecule has 27 heavy (non-hydrogen) atoms. The average molecular weight is 510 g/mol. The smallest absolute Gasteiger partial charge is 0.191 e. The highest BCUT2D eigenvalue weighted by Crippen LogP contribution is 2.10. The molecule has 0 fully saturated rings. The first-order chi connectivity index (χ1) is 12.1. The minimum absolute atomic E-state index is 0. The van der Waals surface area contributed by atoms with Crippen molar-refractivity contribution in [3.63, 3.8) is 0 Å². The maximum absolute atomic E-state index is 11.5. The van der Waals surface area contributed by atoms with Gasteiger partial charge in [0.2, 0.25) is 0 Å². The zero-order valence-corrected chi connectivity index (χ0v) is 20.5. The van der Waals surface area contributed by atoms with Gasteiger partial charge in [0, 0.05) is 45.0 Å². The Balaban J connectivity index is 0.00000676. The number of hydrogen-bond acceptors (Lipinski definition) is 4. The number of guanidine groups is 1. The van der Waals surface area contributed by atoms with E-state index in [4.69, 9.17) is 0 Å². The zero-order chi connectivity index (χ0) is 19.7. The summed E-state index contributed by atoms with van der Waals surface area (Å²) in [5.74, 6) is 0.748. The number of sulfone groups is 1. The number of rotatable bonds is 9. The molecule has 2 N–H and O–H groups in total. The first-order valence-electron chi connectivity index (χ1n) is 9.14. The molecule has 0 saturated heterocycles. The predicted octanol–water partition coefficient (Wildman–Crippen LogP) is 2.88. The van der Waals surface area contributed by atoms with Crippen LogP contribution in [0.25, 0.3) is 0 Å². The van der Waals surface area contributed by atoms with Crippen molar-refractivity contribution < 1.29 is 8.42 Å². The molecule has 1 aromatic rings. The maximum Gasteiger partial charge on any atom is 0.191 e. The summed E-state index contributed by atoms with van der Waals surface area (Å²) in [7, 11) is -1.40. The van der Waals surface area contributed by atoms with Crippen LogP contribution in [0.2, 0.25) is 0 Å². The molecule has 156 valence electrons. The van der Waals surface area contributed by atoms with Crippen LogP contribution in [0.4, 0.5) is 0 Å². The third-order valence-corrected chi connectivity index (χ3v) is 5.38. The molecule has 0 heterocycles. The average Bonchev–Trinajstić information content (AvgIpc) is 2.56. The predicted molar refractivity (Wildman–Crippen MR) is 125 cm³/mol. The van der Waals surface area contributed by atoms with Crippen molar-refractivity contribution in [2.24, 2.45) is 4.99 Å². The van der Waals surface area contributed by atoms with Crippen LogP contribution < -0.4 is 10.6 Å². The molecule has 0 spiro atoms. The summed E-state index contributed by atoms with van der Waals surface area (Å²) in [4.78, 5) is 7.04. The van der Waals surface area contributed by atoms with E-state index < -0.39 is 9.84 Å². The lowest BCUT2D eigenvalue weighted by Crippen LogP contribution is -2.41. The second-order valence-corrected chi connectivity index (χ2v) is 9.06. The van der Waals surface area contributed by atoms with Crippen molar-refractivity contribution in [3.8, 4) is 0 Å². The standard InChI is InChI=1S/C19H34N4O2S.HI/c1-15(2)23(16(3)4)13-7-12-21-19(20-5)22-14-17-8-10-18(11-9-17)26(6,24)25;/h8-11,15-16H,7,12-14H2,1-6H3,(H2,20,21,22);1H. The second kappa shape index (κ2) is 12.6. The van der Waals surface area contributed by atoms with E-state index >= 15 is 0 Å². The molecule has 0 atom stereocenters. The molecule has 0 saturated carbocycles. The van der Waals surface area contributed by atoms with Gasteiger partial charge in [-0.2, -0.15) is 0 Å². The molecule has 0 amide bonds. The van der Waals surface area contributed by atoms with E-state index in [2.05, 4.69) is 48.2 Å². The van der Waals surface area contributed by atoms with Crippen LogP contribution >= 0.6 is 24.0 Å². The van der Waals surface area contributed by atoms with Gasteiger partial charge in [0.15, 0.2) is 15.8 Å². The fourth-order valence-corrected chi connectivity index (χ4v) is 3.47. The van der Waals surface area contributed by atoms with E-state index in [1.807, 2.05) is 12.1 Å². The quantitative estimate of drug-likeness (QED) is 0.231. The molecule has 0 unspecified atom stereocenters. The van der Waals surface area contributed by atoms with Gasteiger partial charge in [-0.15, -0.1) is 24.0 Å². The lowest BCUT2D eigenvalue weighted by Gasteiger charge is -2.30. The van der Waals surface area contributed by atoms with Crippen molar-refractivity contribution in [1.82, 2.24) is 15.5 Å². The Hall–Kier alpha value is -0.870. The third-order valence-electron chi connectivity index (χ3n) is 4.25. The number of aliphatic imine (C=N–C) groups is 1. The third kappa shape index (κ3) is 9.75. The van der Waals surface area contributed by atoms with Crippen LogP contribution in [0.15, 0.2) is 34.2 Å². The van der Waals surface area contributed by atoms with Crippen molar-refractivity contribution >= 4 is 39.8 Å². The molecule has 6 nitrogen and oxygen atoms in total. The first kappa shape index (κ1) is 26.1. The van der Waals surface area contributed by atoms with Crippen LogP contribution in [0.3, 0.4) is 0 Å².